The van der Waals surface area contributed by atoms with E-state index in [1.54, 1.807) is 7.05 Å². The average Bonchev–Trinajstić information content (AvgIpc) is 2.67. The van der Waals surface area contributed by atoms with Crippen molar-refractivity contribution < 1.29 is 4.74 Å². The summed E-state index contributed by atoms with van der Waals surface area (Å²) in [6.45, 7) is 4.45. The van der Waals surface area contributed by atoms with E-state index in [4.69, 9.17) is 4.74 Å². The van der Waals surface area contributed by atoms with Crippen LogP contribution in [0, 0.1) is 0 Å². The lowest BCUT2D eigenvalue weighted by Gasteiger charge is -2.20. The Morgan fingerprint density at radius 2 is 2.17 bits per heavy atom. The molecule has 1 saturated heterocycles. The Hall–Kier alpha value is -1.24. The molecule has 0 saturated carbocycles. The minimum absolute atomic E-state index is 0.392. The van der Waals surface area contributed by atoms with Crippen LogP contribution in [0.25, 0.3) is 0 Å². The molecule has 1 aromatic rings. The van der Waals surface area contributed by atoms with E-state index in [0.29, 0.717) is 24.5 Å². The summed E-state index contributed by atoms with van der Waals surface area (Å²) in [7, 11) is 1.80. The van der Waals surface area contributed by atoms with Crippen molar-refractivity contribution in [3.8, 4) is 6.01 Å². The molecule has 0 radical (unpaired) electrons. The van der Waals surface area contributed by atoms with Gasteiger partial charge in [-0.05, 0) is 19.1 Å². The molecule has 2 rings (SSSR count). The van der Waals surface area contributed by atoms with Crippen LogP contribution in [0.5, 0.6) is 6.01 Å². The lowest BCUT2D eigenvalue weighted by atomic mass is 10.4. The molecule has 1 N–H and O–H groups in total. The fourth-order valence-electron chi connectivity index (χ4n) is 1.74. The van der Waals surface area contributed by atoms with Crippen molar-refractivity contribution in [2.75, 3.05) is 48.5 Å². The third kappa shape index (κ3) is 3.38. The van der Waals surface area contributed by atoms with Gasteiger partial charge in [-0.3, -0.25) is 0 Å². The maximum Gasteiger partial charge on any atom is 0.323 e. The van der Waals surface area contributed by atoms with Gasteiger partial charge in [0.2, 0.25) is 11.9 Å². The Bertz CT molecular complexity index is 382. The number of hydrogen-bond acceptors (Lipinski definition) is 7. The van der Waals surface area contributed by atoms with Crippen molar-refractivity contribution in [2.24, 2.45) is 0 Å². The van der Waals surface area contributed by atoms with Crippen LogP contribution < -0.4 is 15.0 Å². The highest BCUT2D eigenvalue weighted by atomic mass is 32.2. The minimum atomic E-state index is 0.392. The first-order chi connectivity index (χ1) is 8.83. The third-order valence-electron chi connectivity index (χ3n) is 2.61. The van der Waals surface area contributed by atoms with E-state index in [-0.39, 0.29) is 0 Å². The molecule has 18 heavy (non-hydrogen) atoms. The first kappa shape index (κ1) is 13.2. The standard InChI is InChI=1S/C11H19N5OS/c1-3-17-11-14-9(12-2)13-10(15-11)16-5-4-7-18-8-6-16/h3-8H2,1-2H3,(H,12,13,14,15). The fraction of sp³-hybridized carbons (Fsp3) is 0.727. The Labute approximate surface area is 112 Å². The van der Waals surface area contributed by atoms with Crippen molar-refractivity contribution in [1.82, 2.24) is 15.0 Å². The zero-order valence-corrected chi connectivity index (χ0v) is 11.7. The summed E-state index contributed by atoms with van der Waals surface area (Å²) in [6.07, 6.45) is 1.16. The van der Waals surface area contributed by atoms with Crippen molar-refractivity contribution in [2.45, 2.75) is 13.3 Å². The van der Waals surface area contributed by atoms with Crippen LogP contribution in [0.15, 0.2) is 0 Å². The minimum Gasteiger partial charge on any atom is -0.464 e. The van der Waals surface area contributed by atoms with Gasteiger partial charge in [-0.1, -0.05) is 0 Å². The topological polar surface area (TPSA) is 63.2 Å². The summed E-state index contributed by atoms with van der Waals surface area (Å²) < 4.78 is 5.38. The summed E-state index contributed by atoms with van der Waals surface area (Å²) in [4.78, 5) is 15.1. The SMILES string of the molecule is CCOc1nc(NC)nc(N2CCCSCC2)n1. The van der Waals surface area contributed by atoms with E-state index in [1.807, 2.05) is 18.7 Å². The highest BCUT2D eigenvalue weighted by Gasteiger charge is 2.15. The van der Waals surface area contributed by atoms with Crippen LogP contribution in [-0.2, 0) is 0 Å². The second kappa shape index (κ2) is 6.63. The maximum absolute atomic E-state index is 5.38. The van der Waals surface area contributed by atoms with Crippen molar-refractivity contribution >= 4 is 23.7 Å². The number of anilines is 2. The van der Waals surface area contributed by atoms with Gasteiger partial charge in [-0.25, -0.2) is 0 Å². The number of aromatic nitrogens is 3. The summed E-state index contributed by atoms with van der Waals surface area (Å²) in [5.74, 6) is 3.59. The molecule has 1 aliphatic heterocycles. The number of nitrogens with zero attached hydrogens (tertiary/aromatic N) is 4. The molecule has 1 fully saturated rings. The predicted octanol–water partition coefficient (Wildman–Crippen LogP) is 1.26. The first-order valence-corrected chi connectivity index (χ1v) is 7.38. The van der Waals surface area contributed by atoms with Crippen molar-refractivity contribution in [3.63, 3.8) is 0 Å². The summed E-state index contributed by atoms with van der Waals surface area (Å²) in [5, 5.41) is 2.95. The second-order valence-electron chi connectivity index (χ2n) is 3.88. The number of rotatable bonds is 4. The van der Waals surface area contributed by atoms with E-state index >= 15 is 0 Å². The maximum atomic E-state index is 5.38. The second-order valence-corrected chi connectivity index (χ2v) is 5.10. The highest BCUT2D eigenvalue weighted by molar-refractivity contribution is 7.99. The molecule has 1 aliphatic rings. The molecule has 7 heteroatoms. The highest BCUT2D eigenvalue weighted by Crippen LogP contribution is 2.18. The van der Waals surface area contributed by atoms with Crippen molar-refractivity contribution in [1.29, 1.82) is 0 Å². The van der Waals surface area contributed by atoms with Crippen LogP contribution in [0.4, 0.5) is 11.9 Å². The van der Waals surface area contributed by atoms with Gasteiger partial charge >= 0.3 is 6.01 Å². The van der Waals surface area contributed by atoms with Gasteiger partial charge in [0, 0.05) is 25.9 Å². The molecule has 0 spiro atoms. The molecule has 0 amide bonds. The Kier molecular flexibility index (Phi) is 4.86. The number of nitrogens with one attached hydrogen (secondary N) is 1. The third-order valence-corrected chi connectivity index (χ3v) is 3.65. The van der Waals surface area contributed by atoms with E-state index < -0.39 is 0 Å². The molecular formula is C11H19N5OS. The quantitative estimate of drug-likeness (QED) is 0.882. The smallest absolute Gasteiger partial charge is 0.323 e. The fourth-order valence-corrected chi connectivity index (χ4v) is 2.63. The Balaban J connectivity index is 2.21. The molecule has 0 aliphatic carbocycles. The number of hydrogen-bond donors (Lipinski definition) is 1. The number of ether oxygens (including phenoxy) is 1. The van der Waals surface area contributed by atoms with Gasteiger partial charge in [0.1, 0.15) is 0 Å². The summed E-state index contributed by atoms with van der Waals surface area (Å²) in [5.41, 5.74) is 0. The first-order valence-electron chi connectivity index (χ1n) is 6.22. The van der Waals surface area contributed by atoms with Crippen molar-refractivity contribution in [3.05, 3.63) is 0 Å². The van der Waals surface area contributed by atoms with E-state index in [2.05, 4.69) is 25.2 Å². The van der Waals surface area contributed by atoms with Gasteiger partial charge in [0.15, 0.2) is 0 Å². The predicted molar refractivity (Wildman–Crippen MR) is 74.7 cm³/mol. The van der Waals surface area contributed by atoms with Crippen LogP contribution in [0.1, 0.15) is 13.3 Å². The average molecular weight is 269 g/mol. The van der Waals surface area contributed by atoms with Crippen LogP contribution in [0.2, 0.25) is 0 Å². The normalized spacial score (nSPS) is 16.2. The van der Waals surface area contributed by atoms with E-state index in [9.17, 15) is 0 Å². The monoisotopic (exact) mass is 269 g/mol. The zero-order valence-electron chi connectivity index (χ0n) is 10.8. The molecule has 0 aromatic carbocycles. The van der Waals surface area contributed by atoms with Gasteiger partial charge in [-0.15, -0.1) is 0 Å². The molecule has 6 nitrogen and oxygen atoms in total. The number of thioether (sulfide) groups is 1. The molecule has 100 valence electrons. The van der Waals surface area contributed by atoms with Gasteiger partial charge in [0.25, 0.3) is 0 Å². The molecule has 0 unspecified atom stereocenters. The molecule has 2 heterocycles. The van der Waals surface area contributed by atoms with E-state index in [1.165, 1.54) is 5.75 Å². The van der Waals surface area contributed by atoms with Crippen LogP contribution >= 0.6 is 11.8 Å². The molecule has 0 atom stereocenters. The molecule has 1 aromatic heterocycles. The Morgan fingerprint density at radius 1 is 1.28 bits per heavy atom. The summed E-state index contributed by atoms with van der Waals surface area (Å²) in [6, 6.07) is 0.392. The zero-order chi connectivity index (χ0) is 12.8. The van der Waals surface area contributed by atoms with Crippen LogP contribution in [0.3, 0.4) is 0 Å². The largest absolute Gasteiger partial charge is 0.464 e. The van der Waals surface area contributed by atoms with E-state index in [0.717, 1.165) is 25.3 Å². The van der Waals surface area contributed by atoms with Gasteiger partial charge < -0.3 is 15.0 Å². The lowest BCUT2D eigenvalue weighted by molar-refractivity contribution is 0.312. The summed E-state index contributed by atoms with van der Waals surface area (Å²) >= 11 is 1.98. The van der Waals surface area contributed by atoms with Gasteiger partial charge in [0.05, 0.1) is 6.61 Å². The molecule has 0 bridgehead atoms. The van der Waals surface area contributed by atoms with Gasteiger partial charge in [-0.2, -0.15) is 26.7 Å². The Morgan fingerprint density at radius 3 is 2.94 bits per heavy atom. The lowest BCUT2D eigenvalue weighted by Crippen LogP contribution is -2.28. The van der Waals surface area contributed by atoms with Crippen LogP contribution in [-0.4, -0.2) is 53.2 Å². The molecular weight excluding hydrogens is 250 g/mol.